The van der Waals surface area contributed by atoms with E-state index in [0.717, 1.165) is 25.1 Å². The number of nitrogens with one attached hydrogen (secondary N) is 1. The van der Waals surface area contributed by atoms with Crippen molar-refractivity contribution in [2.24, 2.45) is 0 Å². The summed E-state index contributed by atoms with van der Waals surface area (Å²) in [6, 6.07) is 5.36. The van der Waals surface area contributed by atoms with E-state index in [-0.39, 0.29) is 11.7 Å². The molecule has 2 N–H and O–H groups in total. The van der Waals surface area contributed by atoms with Gasteiger partial charge in [-0.1, -0.05) is 6.07 Å². The van der Waals surface area contributed by atoms with Crippen LogP contribution in [0.15, 0.2) is 18.2 Å². The van der Waals surface area contributed by atoms with Crippen molar-refractivity contribution in [3.8, 4) is 0 Å². The molecule has 14 heavy (non-hydrogen) atoms. The van der Waals surface area contributed by atoms with Gasteiger partial charge in [0.15, 0.2) is 0 Å². The molecule has 1 atom stereocenters. The number of aromatic carboxylic acids is 1. The number of nitrogens with zero attached hydrogens (tertiary/aromatic N) is 1. The number of carbonyl (C=O) groups is 1. The summed E-state index contributed by atoms with van der Waals surface area (Å²) in [7, 11) is 0. The van der Waals surface area contributed by atoms with E-state index in [4.69, 9.17) is 5.11 Å². The first kappa shape index (κ1) is 9.15. The maximum Gasteiger partial charge on any atom is 0.354 e. The summed E-state index contributed by atoms with van der Waals surface area (Å²) in [4.78, 5) is 14.8. The van der Waals surface area contributed by atoms with Crippen molar-refractivity contribution >= 4 is 5.97 Å². The number of rotatable bonds is 2. The highest BCUT2D eigenvalue weighted by molar-refractivity contribution is 5.85. The third-order valence-electron chi connectivity index (χ3n) is 2.41. The smallest absolute Gasteiger partial charge is 0.354 e. The number of carboxylic acid groups (broad SMARTS) is 1. The number of hydrogen-bond acceptors (Lipinski definition) is 3. The third kappa shape index (κ3) is 1.75. The largest absolute Gasteiger partial charge is 0.477 e. The normalized spacial score (nSPS) is 21.0. The van der Waals surface area contributed by atoms with E-state index in [1.54, 1.807) is 6.07 Å². The van der Waals surface area contributed by atoms with E-state index < -0.39 is 5.97 Å². The van der Waals surface area contributed by atoms with Crippen LogP contribution in [0, 0.1) is 0 Å². The van der Waals surface area contributed by atoms with Crippen LogP contribution in [-0.2, 0) is 0 Å². The van der Waals surface area contributed by atoms with Crippen molar-refractivity contribution in [2.45, 2.75) is 18.9 Å². The zero-order valence-electron chi connectivity index (χ0n) is 7.73. The molecule has 2 heterocycles. The van der Waals surface area contributed by atoms with Crippen LogP contribution in [0.3, 0.4) is 0 Å². The van der Waals surface area contributed by atoms with Gasteiger partial charge in [-0.25, -0.2) is 9.78 Å². The third-order valence-corrected chi connectivity index (χ3v) is 2.41. The summed E-state index contributed by atoms with van der Waals surface area (Å²) in [6.45, 7) is 0.990. The van der Waals surface area contributed by atoms with Crippen molar-refractivity contribution in [3.63, 3.8) is 0 Å². The molecule has 1 aromatic heterocycles. The number of aromatic nitrogens is 1. The lowest BCUT2D eigenvalue weighted by Crippen LogP contribution is -2.15. The quantitative estimate of drug-likeness (QED) is 0.739. The molecule has 0 radical (unpaired) electrons. The average Bonchev–Trinajstić information content (AvgIpc) is 2.71. The highest BCUT2D eigenvalue weighted by Gasteiger charge is 2.18. The molecule has 0 aliphatic carbocycles. The Morgan fingerprint density at radius 3 is 3.07 bits per heavy atom. The molecule has 0 unspecified atom stereocenters. The topological polar surface area (TPSA) is 62.2 Å². The van der Waals surface area contributed by atoms with Crippen LogP contribution in [0.25, 0.3) is 0 Å². The fraction of sp³-hybridized carbons (Fsp3) is 0.400. The van der Waals surface area contributed by atoms with Gasteiger partial charge in [-0.05, 0) is 31.5 Å². The fourth-order valence-corrected chi connectivity index (χ4v) is 1.70. The second-order valence-electron chi connectivity index (χ2n) is 3.40. The van der Waals surface area contributed by atoms with Crippen LogP contribution in [0.4, 0.5) is 0 Å². The van der Waals surface area contributed by atoms with E-state index >= 15 is 0 Å². The van der Waals surface area contributed by atoms with E-state index in [2.05, 4.69) is 10.3 Å². The second-order valence-corrected chi connectivity index (χ2v) is 3.40. The minimum Gasteiger partial charge on any atom is -0.477 e. The molecule has 4 nitrogen and oxygen atoms in total. The van der Waals surface area contributed by atoms with E-state index in [0.29, 0.717) is 0 Å². The van der Waals surface area contributed by atoms with E-state index in [1.807, 2.05) is 6.07 Å². The van der Waals surface area contributed by atoms with Gasteiger partial charge in [-0.15, -0.1) is 0 Å². The lowest BCUT2D eigenvalue weighted by molar-refractivity contribution is 0.0690. The first-order valence-electron chi connectivity index (χ1n) is 4.71. The Labute approximate surface area is 82.0 Å². The van der Waals surface area contributed by atoms with E-state index in [9.17, 15) is 4.79 Å². The Bertz CT molecular complexity index is 346. The Balaban J connectivity index is 2.25. The summed E-state index contributed by atoms with van der Waals surface area (Å²) >= 11 is 0. The van der Waals surface area contributed by atoms with Gasteiger partial charge in [0.1, 0.15) is 5.69 Å². The van der Waals surface area contributed by atoms with Crippen molar-refractivity contribution in [1.29, 1.82) is 0 Å². The molecule has 2 rings (SSSR count). The standard InChI is InChI=1S/C10H12N2O2/c13-10(14)9-4-1-3-8(12-9)7-5-2-6-11-7/h1,3-4,7,11H,2,5-6H2,(H,13,14)/t7-/m0/s1. The van der Waals surface area contributed by atoms with Gasteiger partial charge in [0.2, 0.25) is 0 Å². The molecule has 0 spiro atoms. The van der Waals surface area contributed by atoms with Gasteiger partial charge in [0.25, 0.3) is 0 Å². The molecule has 1 aliphatic heterocycles. The van der Waals surface area contributed by atoms with Crippen LogP contribution in [-0.4, -0.2) is 22.6 Å². The summed E-state index contributed by atoms with van der Waals surface area (Å²) in [5.41, 5.74) is 0.957. The molecule has 0 aromatic carbocycles. The summed E-state index contributed by atoms with van der Waals surface area (Å²) < 4.78 is 0. The maximum absolute atomic E-state index is 10.7. The molecule has 0 bridgehead atoms. The number of carboxylic acids is 1. The minimum absolute atomic E-state index is 0.121. The highest BCUT2D eigenvalue weighted by Crippen LogP contribution is 2.21. The lowest BCUT2D eigenvalue weighted by Gasteiger charge is -2.09. The molecule has 74 valence electrons. The van der Waals surface area contributed by atoms with Crippen molar-refractivity contribution in [2.75, 3.05) is 6.54 Å². The maximum atomic E-state index is 10.7. The van der Waals surface area contributed by atoms with Crippen LogP contribution in [0.1, 0.15) is 35.1 Å². The SMILES string of the molecule is O=C(O)c1cccc([C@@H]2CCCN2)n1. The lowest BCUT2D eigenvalue weighted by atomic mass is 10.1. The minimum atomic E-state index is -0.968. The van der Waals surface area contributed by atoms with Crippen molar-refractivity contribution in [1.82, 2.24) is 10.3 Å². The molecule has 4 heteroatoms. The predicted octanol–water partition coefficient (Wildman–Crippen LogP) is 1.20. The molecule has 0 saturated carbocycles. The summed E-state index contributed by atoms with van der Waals surface area (Å²) in [5, 5.41) is 12.1. The monoisotopic (exact) mass is 192 g/mol. The molecule has 1 saturated heterocycles. The molecule has 1 aliphatic rings. The second kappa shape index (κ2) is 3.75. The van der Waals surface area contributed by atoms with Gasteiger partial charge in [-0.2, -0.15) is 0 Å². The predicted molar refractivity (Wildman–Crippen MR) is 51.2 cm³/mol. The molecule has 0 amide bonds. The molecular weight excluding hydrogens is 180 g/mol. The highest BCUT2D eigenvalue weighted by atomic mass is 16.4. The van der Waals surface area contributed by atoms with Crippen LogP contribution in [0.2, 0.25) is 0 Å². The number of pyridine rings is 1. The van der Waals surface area contributed by atoms with Gasteiger partial charge >= 0.3 is 5.97 Å². The van der Waals surface area contributed by atoms with Gasteiger partial charge in [-0.3, -0.25) is 0 Å². The molecule has 1 aromatic rings. The Hall–Kier alpha value is -1.42. The zero-order valence-corrected chi connectivity index (χ0v) is 7.73. The van der Waals surface area contributed by atoms with Gasteiger partial charge in [0.05, 0.1) is 5.69 Å². The van der Waals surface area contributed by atoms with Gasteiger partial charge in [0, 0.05) is 6.04 Å². The molecule has 1 fully saturated rings. The first-order chi connectivity index (χ1) is 6.77. The average molecular weight is 192 g/mol. The Morgan fingerprint density at radius 1 is 1.57 bits per heavy atom. The Kier molecular flexibility index (Phi) is 2.45. The fourth-order valence-electron chi connectivity index (χ4n) is 1.70. The van der Waals surface area contributed by atoms with Crippen molar-refractivity contribution in [3.05, 3.63) is 29.6 Å². The zero-order chi connectivity index (χ0) is 9.97. The van der Waals surface area contributed by atoms with Crippen molar-refractivity contribution < 1.29 is 9.90 Å². The van der Waals surface area contributed by atoms with Crippen LogP contribution >= 0.6 is 0 Å². The van der Waals surface area contributed by atoms with Crippen LogP contribution < -0.4 is 5.32 Å². The summed E-state index contributed by atoms with van der Waals surface area (Å²) in [5.74, 6) is -0.968. The van der Waals surface area contributed by atoms with Gasteiger partial charge < -0.3 is 10.4 Å². The number of hydrogen-bond donors (Lipinski definition) is 2. The summed E-state index contributed by atoms with van der Waals surface area (Å²) in [6.07, 6.45) is 2.17. The van der Waals surface area contributed by atoms with Crippen LogP contribution in [0.5, 0.6) is 0 Å². The van der Waals surface area contributed by atoms with E-state index in [1.165, 1.54) is 6.07 Å². The molecular formula is C10H12N2O2. The first-order valence-corrected chi connectivity index (χ1v) is 4.71. The Morgan fingerprint density at radius 2 is 2.43 bits per heavy atom.